The number of hydrogen-bond acceptors (Lipinski definition) is 5. The minimum Gasteiger partial charge on any atom is -0.481 e. The van der Waals surface area contributed by atoms with Gasteiger partial charge in [0.15, 0.2) is 12.4 Å². The van der Waals surface area contributed by atoms with Crippen molar-refractivity contribution in [2.75, 3.05) is 0 Å². The van der Waals surface area contributed by atoms with Crippen LogP contribution in [-0.4, -0.2) is 41.6 Å². The first-order valence-corrected chi connectivity index (χ1v) is 12.0. The van der Waals surface area contributed by atoms with E-state index in [4.69, 9.17) is 14.2 Å². The minimum absolute atomic E-state index is 0.0463. The van der Waals surface area contributed by atoms with E-state index in [0.29, 0.717) is 6.42 Å². The van der Waals surface area contributed by atoms with Crippen LogP contribution in [0.3, 0.4) is 0 Å². The van der Waals surface area contributed by atoms with Crippen molar-refractivity contribution < 1.29 is 28.9 Å². The monoisotopic (exact) mass is 428 g/mol. The molecule has 6 nitrogen and oxygen atoms in total. The fourth-order valence-corrected chi connectivity index (χ4v) is 4.14. The molecule has 1 saturated heterocycles. The number of esters is 1. The van der Waals surface area contributed by atoms with Crippen LogP contribution in [0.2, 0.25) is 0 Å². The van der Waals surface area contributed by atoms with Gasteiger partial charge in [-0.15, -0.1) is 0 Å². The van der Waals surface area contributed by atoms with Crippen LogP contribution in [0.15, 0.2) is 0 Å². The number of carboxylic acid groups (broad SMARTS) is 1. The summed E-state index contributed by atoms with van der Waals surface area (Å²) in [5.74, 6) is -0.977. The summed E-state index contributed by atoms with van der Waals surface area (Å²) in [4.78, 5) is 22.9. The minimum atomic E-state index is -0.884. The molecule has 0 spiro atoms. The molecule has 0 bridgehead atoms. The average molecular weight is 429 g/mol. The van der Waals surface area contributed by atoms with Gasteiger partial charge in [-0.1, -0.05) is 78.6 Å². The molecule has 30 heavy (non-hydrogen) atoms. The quantitative estimate of drug-likeness (QED) is 0.265. The lowest BCUT2D eigenvalue weighted by molar-refractivity contribution is -0.285. The second-order valence-electron chi connectivity index (χ2n) is 8.97. The topological polar surface area (TPSA) is 82.1 Å². The smallest absolute Gasteiger partial charge is 0.305 e. The Morgan fingerprint density at radius 2 is 1.50 bits per heavy atom. The molecule has 3 unspecified atom stereocenters. The van der Waals surface area contributed by atoms with Crippen molar-refractivity contribution in [3.8, 4) is 0 Å². The van der Waals surface area contributed by atoms with Crippen molar-refractivity contribution >= 4 is 11.9 Å². The molecule has 0 aromatic rings. The molecule has 0 aromatic carbocycles. The average Bonchev–Trinajstić information content (AvgIpc) is 2.67. The summed E-state index contributed by atoms with van der Waals surface area (Å²) < 4.78 is 17.6. The Bertz CT molecular complexity index is 494. The lowest BCUT2D eigenvalue weighted by Crippen LogP contribution is -2.52. The van der Waals surface area contributed by atoms with E-state index in [1.54, 1.807) is 0 Å². The van der Waals surface area contributed by atoms with Gasteiger partial charge in [0.1, 0.15) is 0 Å². The first-order valence-electron chi connectivity index (χ1n) is 12.0. The van der Waals surface area contributed by atoms with Crippen LogP contribution in [-0.2, 0) is 23.8 Å². The van der Waals surface area contributed by atoms with Gasteiger partial charge in [0, 0.05) is 12.8 Å². The summed E-state index contributed by atoms with van der Waals surface area (Å²) in [7, 11) is 0. The number of ether oxygens (including phenoxy) is 3. The van der Waals surface area contributed by atoms with E-state index in [1.165, 1.54) is 51.9 Å². The molecular weight excluding hydrogens is 384 g/mol. The zero-order valence-electron chi connectivity index (χ0n) is 19.7. The van der Waals surface area contributed by atoms with Crippen LogP contribution in [0.5, 0.6) is 0 Å². The second kappa shape index (κ2) is 14.8. The Balaban J connectivity index is 2.52. The van der Waals surface area contributed by atoms with Crippen LogP contribution in [0.1, 0.15) is 105 Å². The van der Waals surface area contributed by atoms with Gasteiger partial charge in [-0.25, -0.2) is 0 Å². The highest BCUT2D eigenvalue weighted by atomic mass is 16.7. The maximum Gasteiger partial charge on any atom is 0.305 e. The van der Waals surface area contributed by atoms with Gasteiger partial charge in [0.25, 0.3) is 0 Å². The fourth-order valence-electron chi connectivity index (χ4n) is 4.14. The largest absolute Gasteiger partial charge is 0.481 e. The lowest BCUT2D eigenvalue weighted by atomic mass is 9.84. The van der Waals surface area contributed by atoms with Gasteiger partial charge < -0.3 is 19.3 Å². The third kappa shape index (κ3) is 10.3. The Morgan fingerprint density at radius 3 is 2.03 bits per heavy atom. The van der Waals surface area contributed by atoms with Crippen LogP contribution >= 0.6 is 0 Å². The van der Waals surface area contributed by atoms with E-state index < -0.39 is 24.5 Å². The molecule has 0 radical (unpaired) electrons. The van der Waals surface area contributed by atoms with Crippen molar-refractivity contribution in [2.24, 2.45) is 11.8 Å². The second-order valence-corrected chi connectivity index (χ2v) is 8.97. The SMILES string of the molecule is CCCCCCCCCCCC(CC(=O)O)O[C@@H]1OC(C)[C@H](C)[C@H](C)C1OC(C)=O. The summed E-state index contributed by atoms with van der Waals surface area (Å²) in [6.07, 6.45) is 9.80. The van der Waals surface area contributed by atoms with Crippen molar-refractivity contribution in [3.63, 3.8) is 0 Å². The van der Waals surface area contributed by atoms with Gasteiger partial charge in [-0.3, -0.25) is 9.59 Å². The Kier molecular flexibility index (Phi) is 13.3. The Hall–Kier alpha value is -1.14. The number of carboxylic acids is 1. The Morgan fingerprint density at radius 1 is 0.933 bits per heavy atom. The lowest BCUT2D eigenvalue weighted by Gasteiger charge is -2.43. The standard InChI is InChI=1S/C24H44O6/c1-6-7-8-9-10-11-12-13-14-15-21(16-22(26)27)30-24-23(29-20(5)25)18(3)17(2)19(4)28-24/h17-19,21,23-24H,6-16H2,1-5H3,(H,26,27)/t17-,18+,19?,21?,23?,24+/m1/s1. The molecule has 1 rings (SSSR count). The molecular formula is C24H44O6. The fraction of sp³-hybridized carbons (Fsp3) is 0.917. The van der Waals surface area contributed by atoms with Gasteiger partial charge in [-0.2, -0.15) is 0 Å². The predicted octanol–water partition coefficient (Wildman–Crippen LogP) is 5.72. The molecule has 1 N–H and O–H groups in total. The molecule has 1 aliphatic heterocycles. The molecule has 1 aliphatic rings. The van der Waals surface area contributed by atoms with E-state index in [1.807, 2.05) is 13.8 Å². The number of rotatable bonds is 15. The van der Waals surface area contributed by atoms with Crippen molar-refractivity contribution in [3.05, 3.63) is 0 Å². The highest BCUT2D eigenvalue weighted by molar-refractivity contribution is 5.67. The summed E-state index contributed by atoms with van der Waals surface area (Å²) in [6.45, 7) is 9.68. The molecule has 0 aliphatic carbocycles. The van der Waals surface area contributed by atoms with Crippen molar-refractivity contribution in [1.82, 2.24) is 0 Å². The summed E-state index contributed by atoms with van der Waals surface area (Å²) in [5, 5.41) is 9.31. The van der Waals surface area contributed by atoms with E-state index >= 15 is 0 Å². The third-order valence-electron chi connectivity index (χ3n) is 6.37. The first kappa shape index (κ1) is 26.9. The summed E-state index contributed by atoms with van der Waals surface area (Å²) in [6, 6.07) is 0. The summed E-state index contributed by atoms with van der Waals surface area (Å²) >= 11 is 0. The van der Waals surface area contributed by atoms with E-state index in [-0.39, 0.29) is 30.3 Å². The molecule has 1 fully saturated rings. The molecule has 1 heterocycles. The highest BCUT2D eigenvalue weighted by Gasteiger charge is 2.43. The number of carbonyl (C=O) groups is 2. The number of aliphatic carboxylic acids is 1. The number of carbonyl (C=O) groups excluding carboxylic acids is 1. The molecule has 6 atom stereocenters. The predicted molar refractivity (Wildman–Crippen MR) is 117 cm³/mol. The van der Waals surface area contributed by atoms with Gasteiger partial charge in [0.05, 0.1) is 18.6 Å². The summed E-state index contributed by atoms with van der Waals surface area (Å²) in [5.41, 5.74) is 0. The molecule has 6 heteroatoms. The van der Waals surface area contributed by atoms with Crippen LogP contribution in [0.4, 0.5) is 0 Å². The van der Waals surface area contributed by atoms with Crippen LogP contribution < -0.4 is 0 Å². The van der Waals surface area contributed by atoms with E-state index in [2.05, 4.69) is 13.8 Å². The van der Waals surface area contributed by atoms with E-state index in [9.17, 15) is 14.7 Å². The van der Waals surface area contributed by atoms with Gasteiger partial charge in [0.2, 0.25) is 0 Å². The van der Waals surface area contributed by atoms with Crippen LogP contribution in [0.25, 0.3) is 0 Å². The maximum atomic E-state index is 11.6. The van der Waals surface area contributed by atoms with Gasteiger partial charge >= 0.3 is 11.9 Å². The first-order chi connectivity index (χ1) is 14.3. The van der Waals surface area contributed by atoms with Crippen molar-refractivity contribution in [1.29, 1.82) is 0 Å². The normalized spacial score (nSPS) is 27.6. The third-order valence-corrected chi connectivity index (χ3v) is 6.37. The molecule has 0 saturated carbocycles. The number of unbranched alkanes of at least 4 members (excludes halogenated alkanes) is 8. The van der Waals surface area contributed by atoms with E-state index in [0.717, 1.165) is 12.8 Å². The van der Waals surface area contributed by atoms with Gasteiger partial charge in [-0.05, 0) is 19.3 Å². The van der Waals surface area contributed by atoms with Crippen LogP contribution in [0, 0.1) is 11.8 Å². The number of hydrogen-bond donors (Lipinski definition) is 1. The Labute approximate surface area is 183 Å². The zero-order valence-corrected chi connectivity index (χ0v) is 19.7. The zero-order chi connectivity index (χ0) is 22.5. The van der Waals surface area contributed by atoms with Crippen molar-refractivity contribution in [2.45, 2.75) is 130 Å². The molecule has 176 valence electrons. The molecule has 0 amide bonds. The molecule has 0 aromatic heterocycles. The maximum absolute atomic E-state index is 11.6. The highest BCUT2D eigenvalue weighted by Crippen LogP contribution is 2.34.